The van der Waals surface area contributed by atoms with Crippen LogP contribution < -0.4 is 4.90 Å². The van der Waals surface area contributed by atoms with Crippen molar-refractivity contribution in [1.82, 2.24) is 4.98 Å². The number of hydrogen-bond donors (Lipinski definition) is 0. The average molecular weight is 208 g/mol. The molecule has 1 aromatic heterocycles. The molecule has 1 aromatic rings. The predicted octanol–water partition coefficient (Wildman–Crippen LogP) is 2.85. The van der Waals surface area contributed by atoms with E-state index in [0.717, 1.165) is 24.8 Å². The summed E-state index contributed by atoms with van der Waals surface area (Å²) in [5, 5.41) is 0. The van der Waals surface area contributed by atoms with Gasteiger partial charge < -0.3 is 4.90 Å². The summed E-state index contributed by atoms with van der Waals surface area (Å²) in [5.74, 6) is 1.44. The van der Waals surface area contributed by atoms with Crippen molar-refractivity contribution in [1.29, 1.82) is 0 Å². The fourth-order valence-electron chi connectivity index (χ4n) is 2.24. The molecule has 0 saturated carbocycles. The van der Waals surface area contributed by atoms with Crippen molar-refractivity contribution in [3.8, 4) is 0 Å². The Bertz CT molecular complexity index is 310. The zero-order chi connectivity index (χ0) is 10.7. The minimum Gasteiger partial charge on any atom is -0.356 e. The van der Waals surface area contributed by atoms with Crippen LogP contribution in [0.3, 0.4) is 0 Å². The SMILES string of the molecule is CCCC1CCN(c2ccc(F)cn2)C1. The lowest BCUT2D eigenvalue weighted by Gasteiger charge is -2.17. The normalized spacial score (nSPS) is 20.9. The largest absolute Gasteiger partial charge is 0.356 e. The average Bonchev–Trinajstić information content (AvgIpc) is 2.68. The summed E-state index contributed by atoms with van der Waals surface area (Å²) in [5.41, 5.74) is 0. The number of pyridine rings is 1. The fourth-order valence-corrected chi connectivity index (χ4v) is 2.24. The molecule has 1 unspecified atom stereocenters. The van der Waals surface area contributed by atoms with Crippen LogP contribution in [-0.4, -0.2) is 18.1 Å². The maximum Gasteiger partial charge on any atom is 0.141 e. The molecule has 0 amide bonds. The molecule has 2 heterocycles. The number of hydrogen-bond acceptors (Lipinski definition) is 2. The smallest absolute Gasteiger partial charge is 0.141 e. The summed E-state index contributed by atoms with van der Waals surface area (Å²) >= 11 is 0. The van der Waals surface area contributed by atoms with Gasteiger partial charge in [-0.15, -0.1) is 0 Å². The van der Waals surface area contributed by atoms with Crippen molar-refractivity contribution in [2.75, 3.05) is 18.0 Å². The van der Waals surface area contributed by atoms with E-state index in [9.17, 15) is 4.39 Å². The minimum atomic E-state index is -0.261. The van der Waals surface area contributed by atoms with Crippen LogP contribution in [-0.2, 0) is 0 Å². The van der Waals surface area contributed by atoms with E-state index in [1.54, 1.807) is 6.07 Å². The van der Waals surface area contributed by atoms with Crippen LogP contribution in [0.25, 0.3) is 0 Å². The van der Waals surface area contributed by atoms with E-state index in [-0.39, 0.29) is 5.82 Å². The lowest BCUT2D eigenvalue weighted by atomic mass is 10.0. The van der Waals surface area contributed by atoms with Crippen LogP contribution in [0.2, 0.25) is 0 Å². The zero-order valence-corrected chi connectivity index (χ0v) is 9.12. The van der Waals surface area contributed by atoms with E-state index in [0.29, 0.717) is 0 Å². The Hall–Kier alpha value is -1.12. The topological polar surface area (TPSA) is 16.1 Å². The van der Waals surface area contributed by atoms with Crippen LogP contribution >= 0.6 is 0 Å². The molecule has 0 aliphatic carbocycles. The van der Waals surface area contributed by atoms with E-state index in [1.165, 1.54) is 31.5 Å². The molecule has 3 heteroatoms. The lowest BCUT2D eigenvalue weighted by molar-refractivity contribution is 0.529. The Morgan fingerprint density at radius 1 is 1.53 bits per heavy atom. The van der Waals surface area contributed by atoms with Gasteiger partial charge in [-0.05, 0) is 30.9 Å². The third-order valence-electron chi connectivity index (χ3n) is 3.02. The van der Waals surface area contributed by atoms with Gasteiger partial charge in [0, 0.05) is 13.1 Å². The maximum atomic E-state index is 12.7. The second-order valence-electron chi connectivity index (χ2n) is 4.22. The molecular weight excluding hydrogens is 191 g/mol. The van der Waals surface area contributed by atoms with Gasteiger partial charge in [0.2, 0.25) is 0 Å². The van der Waals surface area contributed by atoms with Crippen LogP contribution in [0.15, 0.2) is 18.3 Å². The molecule has 0 N–H and O–H groups in total. The van der Waals surface area contributed by atoms with Gasteiger partial charge in [-0.2, -0.15) is 0 Å². The third kappa shape index (κ3) is 2.46. The minimum absolute atomic E-state index is 0.261. The van der Waals surface area contributed by atoms with Crippen molar-refractivity contribution in [2.45, 2.75) is 26.2 Å². The summed E-state index contributed by atoms with van der Waals surface area (Å²) in [6.07, 6.45) is 5.07. The Labute approximate surface area is 90.1 Å². The molecule has 0 radical (unpaired) electrons. The fraction of sp³-hybridized carbons (Fsp3) is 0.583. The van der Waals surface area contributed by atoms with Crippen molar-refractivity contribution in [2.24, 2.45) is 5.92 Å². The first-order valence-corrected chi connectivity index (χ1v) is 5.66. The number of aromatic nitrogens is 1. The molecule has 1 fully saturated rings. The molecule has 0 aromatic carbocycles. The van der Waals surface area contributed by atoms with E-state index >= 15 is 0 Å². The highest BCUT2D eigenvalue weighted by atomic mass is 19.1. The van der Waals surface area contributed by atoms with Crippen LogP contribution in [0.4, 0.5) is 10.2 Å². The monoisotopic (exact) mass is 208 g/mol. The summed E-state index contributed by atoms with van der Waals surface area (Å²) in [6, 6.07) is 3.25. The predicted molar refractivity (Wildman–Crippen MR) is 59.4 cm³/mol. The summed E-state index contributed by atoms with van der Waals surface area (Å²) < 4.78 is 12.7. The van der Waals surface area contributed by atoms with E-state index in [1.807, 2.05) is 0 Å². The first-order valence-electron chi connectivity index (χ1n) is 5.66. The van der Waals surface area contributed by atoms with E-state index in [2.05, 4.69) is 16.8 Å². The summed E-state index contributed by atoms with van der Waals surface area (Å²) in [6.45, 7) is 4.36. The van der Waals surface area contributed by atoms with Crippen molar-refractivity contribution < 1.29 is 4.39 Å². The molecule has 15 heavy (non-hydrogen) atoms. The van der Waals surface area contributed by atoms with Crippen LogP contribution in [0.1, 0.15) is 26.2 Å². The van der Waals surface area contributed by atoms with E-state index in [4.69, 9.17) is 0 Å². The molecule has 1 aliphatic heterocycles. The number of nitrogens with zero attached hydrogens (tertiary/aromatic N) is 2. The van der Waals surface area contributed by atoms with Crippen LogP contribution in [0.5, 0.6) is 0 Å². The number of halogens is 1. The third-order valence-corrected chi connectivity index (χ3v) is 3.02. The maximum absolute atomic E-state index is 12.7. The van der Waals surface area contributed by atoms with Gasteiger partial charge in [0.05, 0.1) is 6.20 Å². The molecular formula is C12H17FN2. The van der Waals surface area contributed by atoms with Gasteiger partial charge in [-0.25, -0.2) is 9.37 Å². The van der Waals surface area contributed by atoms with Gasteiger partial charge in [-0.1, -0.05) is 13.3 Å². The summed E-state index contributed by atoms with van der Waals surface area (Å²) in [7, 11) is 0. The zero-order valence-electron chi connectivity index (χ0n) is 9.12. The molecule has 1 saturated heterocycles. The molecule has 82 valence electrons. The van der Waals surface area contributed by atoms with Gasteiger partial charge in [-0.3, -0.25) is 0 Å². The highest BCUT2D eigenvalue weighted by Gasteiger charge is 2.22. The van der Waals surface area contributed by atoms with Crippen molar-refractivity contribution in [3.63, 3.8) is 0 Å². The first kappa shape index (κ1) is 10.4. The quantitative estimate of drug-likeness (QED) is 0.759. The molecule has 2 nitrogen and oxygen atoms in total. The standard InChI is InChI=1S/C12H17FN2/c1-2-3-10-6-7-15(9-10)12-5-4-11(13)8-14-12/h4-5,8,10H,2-3,6-7,9H2,1H3. The molecule has 1 atom stereocenters. The van der Waals surface area contributed by atoms with Crippen molar-refractivity contribution >= 4 is 5.82 Å². The van der Waals surface area contributed by atoms with Gasteiger partial charge >= 0.3 is 0 Å². The van der Waals surface area contributed by atoms with Gasteiger partial charge in [0.15, 0.2) is 0 Å². The van der Waals surface area contributed by atoms with Gasteiger partial charge in [0.1, 0.15) is 11.6 Å². The highest BCUT2D eigenvalue weighted by Crippen LogP contribution is 2.24. The molecule has 1 aliphatic rings. The molecule has 2 rings (SSSR count). The van der Waals surface area contributed by atoms with Crippen molar-refractivity contribution in [3.05, 3.63) is 24.1 Å². The first-order chi connectivity index (χ1) is 7.29. The Balaban J connectivity index is 1.98. The Kier molecular flexibility index (Phi) is 3.19. The van der Waals surface area contributed by atoms with Gasteiger partial charge in [0.25, 0.3) is 0 Å². The number of anilines is 1. The molecule has 0 bridgehead atoms. The number of rotatable bonds is 3. The highest BCUT2D eigenvalue weighted by molar-refractivity contribution is 5.39. The summed E-state index contributed by atoms with van der Waals surface area (Å²) in [4.78, 5) is 6.36. The second kappa shape index (κ2) is 4.60. The Morgan fingerprint density at radius 2 is 2.40 bits per heavy atom. The lowest BCUT2D eigenvalue weighted by Crippen LogP contribution is -2.20. The second-order valence-corrected chi connectivity index (χ2v) is 4.22. The Morgan fingerprint density at radius 3 is 3.07 bits per heavy atom. The molecule has 0 spiro atoms. The van der Waals surface area contributed by atoms with Crippen LogP contribution in [0, 0.1) is 11.7 Å². The van der Waals surface area contributed by atoms with E-state index < -0.39 is 0 Å².